The van der Waals surface area contributed by atoms with Gasteiger partial charge in [0.25, 0.3) is 5.91 Å². The van der Waals surface area contributed by atoms with Gasteiger partial charge < -0.3 is 9.64 Å². The number of benzene rings is 1. The summed E-state index contributed by atoms with van der Waals surface area (Å²) < 4.78 is 5.70. The number of rotatable bonds is 5. The van der Waals surface area contributed by atoms with Gasteiger partial charge in [0, 0.05) is 12.7 Å². The standard InChI is InChI=1S/C17H20N2O2/c1-13-7-4-5-10-16(13)21-12-11-19(3)17(20)15-9-6-8-14(2)18-15/h4-10H,11-12H2,1-3H3. The van der Waals surface area contributed by atoms with Crippen LogP contribution >= 0.6 is 0 Å². The Bertz CT molecular complexity index is 626. The van der Waals surface area contributed by atoms with Crippen LogP contribution in [0, 0.1) is 13.8 Å². The van der Waals surface area contributed by atoms with Crippen molar-refractivity contribution in [1.82, 2.24) is 9.88 Å². The van der Waals surface area contributed by atoms with E-state index in [1.54, 1.807) is 18.0 Å². The highest BCUT2D eigenvalue weighted by atomic mass is 16.5. The molecule has 0 spiro atoms. The summed E-state index contributed by atoms with van der Waals surface area (Å²) in [5.74, 6) is 0.763. The van der Waals surface area contributed by atoms with Crippen molar-refractivity contribution in [2.24, 2.45) is 0 Å². The third-order valence-electron chi connectivity index (χ3n) is 3.23. The molecule has 1 aromatic heterocycles. The molecule has 0 bridgehead atoms. The molecule has 0 fully saturated rings. The lowest BCUT2D eigenvalue weighted by Gasteiger charge is -2.17. The first-order chi connectivity index (χ1) is 10.1. The third-order valence-corrected chi connectivity index (χ3v) is 3.23. The number of nitrogens with zero attached hydrogens (tertiary/aromatic N) is 2. The molecule has 0 aliphatic carbocycles. The molecule has 1 heterocycles. The summed E-state index contributed by atoms with van der Waals surface area (Å²) in [5, 5.41) is 0. The second-order valence-corrected chi connectivity index (χ2v) is 5.00. The number of hydrogen-bond acceptors (Lipinski definition) is 3. The second kappa shape index (κ2) is 6.88. The first-order valence-corrected chi connectivity index (χ1v) is 6.95. The van der Waals surface area contributed by atoms with Crippen LogP contribution in [0.4, 0.5) is 0 Å². The van der Waals surface area contributed by atoms with E-state index in [1.165, 1.54) is 0 Å². The third kappa shape index (κ3) is 4.05. The Hall–Kier alpha value is -2.36. The predicted octanol–water partition coefficient (Wildman–Crippen LogP) is 2.85. The number of carbonyl (C=O) groups excluding carboxylic acids is 1. The summed E-state index contributed by atoms with van der Waals surface area (Å²) in [7, 11) is 1.76. The van der Waals surface area contributed by atoms with Gasteiger partial charge in [-0.1, -0.05) is 24.3 Å². The van der Waals surface area contributed by atoms with Crippen molar-refractivity contribution < 1.29 is 9.53 Å². The second-order valence-electron chi connectivity index (χ2n) is 5.00. The Kier molecular flexibility index (Phi) is 4.93. The molecule has 0 atom stereocenters. The van der Waals surface area contributed by atoms with Crippen LogP contribution in [0.1, 0.15) is 21.7 Å². The smallest absolute Gasteiger partial charge is 0.272 e. The van der Waals surface area contributed by atoms with Crippen LogP contribution in [0.25, 0.3) is 0 Å². The lowest BCUT2D eigenvalue weighted by atomic mass is 10.2. The van der Waals surface area contributed by atoms with Gasteiger partial charge in [-0.25, -0.2) is 4.98 Å². The van der Waals surface area contributed by atoms with E-state index in [2.05, 4.69) is 4.98 Å². The van der Waals surface area contributed by atoms with Crippen molar-refractivity contribution >= 4 is 5.91 Å². The Morgan fingerprint density at radius 3 is 2.62 bits per heavy atom. The van der Waals surface area contributed by atoms with Crippen LogP contribution in [0.2, 0.25) is 0 Å². The van der Waals surface area contributed by atoms with Gasteiger partial charge in [-0.15, -0.1) is 0 Å². The normalized spacial score (nSPS) is 10.2. The highest BCUT2D eigenvalue weighted by molar-refractivity contribution is 5.92. The van der Waals surface area contributed by atoms with E-state index in [-0.39, 0.29) is 5.91 Å². The summed E-state index contributed by atoms with van der Waals surface area (Å²) >= 11 is 0. The minimum absolute atomic E-state index is 0.0907. The molecule has 1 amide bonds. The summed E-state index contributed by atoms with van der Waals surface area (Å²) in [4.78, 5) is 18.1. The molecule has 0 saturated heterocycles. The number of aryl methyl sites for hydroxylation is 2. The summed E-state index contributed by atoms with van der Waals surface area (Å²) in [6, 6.07) is 13.3. The molecule has 2 aromatic rings. The molecule has 110 valence electrons. The van der Waals surface area contributed by atoms with Crippen molar-refractivity contribution in [1.29, 1.82) is 0 Å². The maximum absolute atomic E-state index is 12.2. The minimum atomic E-state index is -0.0907. The monoisotopic (exact) mass is 284 g/mol. The van der Waals surface area contributed by atoms with Crippen molar-refractivity contribution in [3.8, 4) is 5.75 Å². The van der Waals surface area contributed by atoms with Gasteiger partial charge in [-0.3, -0.25) is 4.79 Å². The molecule has 0 radical (unpaired) electrons. The number of hydrogen-bond donors (Lipinski definition) is 0. The van der Waals surface area contributed by atoms with Crippen LogP contribution in [-0.4, -0.2) is 36.0 Å². The van der Waals surface area contributed by atoms with Gasteiger partial charge in [-0.05, 0) is 37.6 Å². The van der Waals surface area contributed by atoms with E-state index in [1.807, 2.05) is 50.2 Å². The SMILES string of the molecule is Cc1cccc(C(=O)N(C)CCOc2ccccc2C)n1. The highest BCUT2D eigenvalue weighted by Crippen LogP contribution is 2.15. The zero-order chi connectivity index (χ0) is 15.2. The summed E-state index contributed by atoms with van der Waals surface area (Å²) in [6.45, 7) is 4.85. The zero-order valence-electron chi connectivity index (χ0n) is 12.7. The molecule has 1 aromatic carbocycles. The summed E-state index contributed by atoms with van der Waals surface area (Å²) in [5.41, 5.74) is 2.39. The average Bonchev–Trinajstić information content (AvgIpc) is 2.48. The van der Waals surface area contributed by atoms with Crippen LogP contribution in [0.3, 0.4) is 0 Å². The maximum atomic E-state index is 12.2. The lowest BCUT2D eigenvalue weighted by molar-refractivity contribution is 0.0767. The Morgan fingerprint density at radius 1 is 1.14 bits per heavy atom. The maximum Gasteiger partial charge on any atom is 0.272 e. The number of para-hydroxylation sites is 1. The van der Waals surface area contributed by atoms with Crippen LogP contribution in [0.5, 0.6) is 5.75 Å². The van der Waals surface area contributed by atoms with Crippen LogP contribution < -0.4 is 4.74 Å². The number of likely N-dealkylation sites (N-methyl/N-ethyl adjacent to an activating group) is 1. The molecule has 21 heavy (non-hydrogen) atoms. The topological polar surface area (TPSA) is 42.4 Å². The number of ether oxygens (including phenoxy) is 1. The summed E-state index contributed by atoms with van der Waals surface area (Å²) in [6.07, 6.45) is 0. The highest BCUT2D eigenvalue weighted by Gasteiger charge is 2.13. The molecule has 0 saturated carbocycles. The van der Waals surface area contributed by atoms with Crippen molar-refractivity contribution in [2.75, 3.05) is 20.2 Å². The van der Waals surface area contributed by atoms with E-state index < -0.39 is 0 Å². The molecular formula is C17H20N2O2. The Morgan fingerprint density at radius 2 is 1.90 bits per heavy atom. The van der Waals surface area contributed by atoms with Gasteiger partial charge in [-0.2, -0.15) is 0 Å². The molecule has 2 rings (SSSR count). The van der Waals surface area contributed by atoms with E-state index in [0.29, 0.717) is 18.8 Å². The Balaban J connectivity index is 1.89. The number of aromatic nitrogens is 1. The van der Waals surface area contributed by atoms with Gasteiger partial charge >= 0.3 is 0 Å². The predicted molar refractivity (Wildman–Crippen MR) is 82.6 cm³/mol. The van der Waals surface area contributed by atoms with Gasteiger partial charge in [0.05, 0.1) is 6.54 Å². The number of carbonyl (C=O) groups is 1. The zero-order valence-corrected chi connectivity index (χ0v) is 12.7. The van der Waals surface area contributed by atoms with Crippen molar-refractivity contribution in [3.63, 3.8) is 0 Å². The first-order valence-electron chi connectivity index (χ1n) is 6.95. The number of amides is 1. The van der Waals surface area contributed by atoms with Gasteiger partial charge in [0.2, 0.25) is 0 Å². The quantitative estimate of drug-likeness (QED) is 0.848. The van der Waals surface area contributed by atoms with E-state index in [4.69, 9.17) is 4.74 Å². The van der Waals surface area contributed by atoms with Crippen LogP contribution in [0.15, 0.2) is 42.5 Å². The fourth-order valence-electron chi connectivity index (χ4n) is 1.97. The van der Waals surface area contributed by atoms with E-state index in [9.17, 15) is 4.79 Å². The molecular weight excluding hydrogens is 264 g/mol. The molecule has 4 nitrogen and oxygen atoms in total. The first kappa shape index (κ1) is 15.0. The molecule has 0 aliphatic heterocycles. The van der Waals surface area contributed by atoms with Gasteiger partial charge in [0.15, 0.2) is 0 Å². The minimum Gasteiger partial charge on any atom is -0.491 e. The van der Waals surface area contributed by atoms with Crippen molar-refractivity contribution in [2.45, 2.75) is 13.8 Å². The Labute approximate surface area is 125 Å². The number of pyridine rings is 1. The average molecular weight is 284 g/mol. The lowest BCUT2D eigenvalue weighted by Crippen LogP contribution is -2.31. The van der Waals surface area contributed by atoms with E-state index >= 15 is 0 Å². The fourth-order valence-corrected chi connectivity index (χ4v) is 1.97. The van der Waals surface area contributed by atoms with Gasteiger partial charge in [0.1, 0.15) is 18.1 Å². The van der Waals surface area contributed by atoms with Crippen molar-refractivity contribution in [3.05, 3.63) is 59.4 Å². The fraction of sp³-hybridized carbons (Fsp3) is 0.294. The molecule has 0 N–H and O–H groups in total. The largest absolute Gasteiger partial charge is 0.491 e. The molecule has 4 heteroatoms. The van der Waals surface area contributed by atoms with Crippen LogP contribution in [-0.2, 0) is 0 Å². The van der Waals surface area contributed by atoms with E-state index in [0.717, 1.165) is 17.0 Å². The molecule has 0 aliphatic rings. The molecule has 0 unspecified atom stereocenters.